The second-order valence-corrected chi connectivity index (χ2v) is 9.84. The van der Waals surface area contributed by atoms with Gasteiger partial charge in [0.1, 0.15) is 5.82 Å². The molecule has 2 N–H and O–H groups in total. The molecular formula is C21H26N8O3S. The minimum Gasteiger partial charge on any atom is -0.378 e. The van der Waals surface area contributed by atoms with E-state index in [1.807, 2.05) is 24.1 Å². The Morgan fingerprint density at radius 1 is 1.03 bits per heavy atom. The van der Waals surface area contributed by atoms with Crippen LogP contribution in [-0.2, 0) is 14.8 Å². The molecule has 3 aromatic rings. The Morgan fingerprint density at radius 2 is 1.73 bits per heavy atom. The Bertz CT molecular complexity index is 1230. The molecule has 0 unspecified atom stereocenters. The third-order valence-corrected chi connectivity index (χ3v) is 7.10. The number of nitrogens with two attached hydrogens (primary N) is 1. The van der Waals surface area contributed by atoms with Crippen LogP contribution in [-0.4, -0.2) is 80.1 Å². The van der Waals surface area contributed by atoms with Crippen LogP contribution < -0.4 is 15.5 Å². The van der Waals surface area contributed by atoms with Gasteiger partial charge in [0.2, 0.25) is 21.9 Å². The first kappa shape index (κ1) is 22.8. The number of ether oxygens (including phenoxy) is 1. The highest BCUT2D eigenvalue weighted by Crippen LogP contribution is 2.30. The van der Waals surface area contributed by atoms with E-state index < -0.39 is 10.0 Å². The maximum Gasteiger partial charge on any atom is 0.242 e. The maximum atomic E-state index is 12.6. The molecule has 174 valence electrons. The molecule has 11 nitrogen and oxygen atoms in total. The van der Waals surface area contributed by atoms with Gasteiger partial charge in [-0.2, -0.15) is 4.98 Å². The second kappa shape index (κ2) is 9.25. The van der Waals surface area contributed by atoms with Crippen molar-refractivity contribution in [1.82, 2.24) is 24.2 Å². The van der Waals surface area contributed by atoms with E-state index in [4.69, 9.17) is 20.4 Å². The van der Waals surface area contributed by atoms with E-state index in [9.17, 15) is 8.42 Å². The highest BCUT2D eigenvalue weighted by molar-refractivity contribution is 7.89. The smallest absolute Gasteiger partial charge is 0.242 e. The summed E-state index contributed by atoms with van der Waals surface area (Å²) in [7, 11) is 1.27. The summed E-state index contributed by atoms with van der Waals surface area (Å²) < 4.78 is 31.9. The van der Waals surface area contributed by atoms with Crippen molar-refractivity contribution in [2.75, 3.05) is 63.0 Å². The van der Waals surface area contributed by atoms with E-state index >= 15 is 0 Å². The van der Waals surface area contributed by atoms with Crippen molar-refractivity contribution in [2.45, 2.75) is 4.90 Å². The highest BCUT2D eigenvalue weighted by atomic mass is 32.2. The standard InChI is InChI=1S/C21H26N8O3S/c1-27(2)33(30,31)17-6-4-5-16(11-17)28(3)19-12-18(15-13-23-20(22)24-14-15)25-21(26-19)29-7-9-32-10-8-29/h4-6,11-14H,7-10H2,1-3H3,(H2,22,23,24). The lowest BCUT2D eigenvalue weighted by Crippen LogP contribution is -2.37. The molecule has 0 bridgehead atoms. The molecule has 0 spiro atoms. The molecule has 12 heteroatoms. The number of morpholine rings is 1. The molecule has 3 heterocycles. The van der Waals surface area contributed by atoms with Crippen LogP contribution in [0.3, 0.4) is 0 Å². The van der Waals surface area contributed by atoms with Crippen LogP contribution in [0.25, 0.3) is 11.3 Å². The number of nitrogens with zero attached hydrogens (tertiary/aromatic N) is 7. The first-order valence-corrected chi connectivity index (χ1v) is 11.8. The topological polar surface area (TPSA) is 131 Å². The number of rotatable bonds is 6. The van der Waals surface area contributed by atoms with Gasteiger partial charge >= 0.3 is 0 Å². The van der Waals surface area contributed by atoms with E-state index in [0.717, 1.165) is 0 Å². The van der Waals surface area contributed by atoms with Gasteiger partial charge in [0, 0.05) is 63.9 Å². The van der Waals surface area contributed by atoms with Crippen LogP contribution in [0.5, 0.6) is 0 Å². The van der Waals surface area contributed by atoms with Gasteiger partial charge in [-0.05, 0) is 18.2 Å². The van der Waals surface area contributed by atoms with Crippen molar-refractivity contribution in [1.29, 1.82) is 0 Å². The van der Waals surface area contributed by atoms with Gasteiger partial charge in [-0.1, -0.05) is 6.07 Å². The Hall–Kier alpha value is -3.35. The summed E-state index contributed by atoms with van der Waals surface area (Å²) in [6, 6.07) is 8.55. The second-order valence-electron chi connectivity index (χ2n) is 7.68. The zero-order chi connectivity index (χ0) is 23.6. The Kier molecular flexibility index (Phi) is 6.40. The molecule has 0 saturated carbocycles. The molecule has 1 fully saturated rings. The predicted molar refractivity (Wildman–Crippen MR) is 126 cm³/mol. The van der Waals surface area contributed by atoms with Gasteiger partial charge in [-0.15, -0.1) is 0 Å². The van der Waals surface area contributed by atoms with Gasteiger partial charge in [-0.3, -0.25) is 0 Å². The molecule has 0 aliphatic carbocycles. The minimum absolute atomic E-state index is 0.178. The lowest BCUT2D eigenvalue weighted by Gasteiger charge is -2.28. The number of benzene rings is 1. The normalized spacial score (nSPS) is 14.5. The average molecular weight is 471 g/mol. The summed E-state index contributed by atoms with van der Waals surface area (Å²) in [4.78, 5) is 21.7. The zero-order valence-electron chi connectivity index (χ0n) is 18.7. The van der Waals surface area contributed by atoms with Crippen molar-refractivity contribution in [3.8, 4) is 11.3 Å². The SMILES string of the molecule is CN(c1cccc(S(=O)(=O)N(C)C)c1)c1cc(-c2cnc(N)nc2)nc(N2CCOCC2)n1. The van der Waals surface area contributed by atoms with Crippen LogP contribution in [0.4, 0.5) is 23.4 Å². The summed E-state index contributed by atoms with van der Waals surface area (Å²) >= 11 is 0. The summed E-state index contributed by atoms with van der Waals surface area (Å²) in [6.07, 6.45) is 3.23. The fraction of sp³-hybridized carbons (Fsp3) is 0.333. The van der Waals surface area contributed by atoms with E-state index in [-0.39, 0.29) is 10.8 Å². The number of hydrogen-bond donors (Lipinski definition) is 1. The Balaban J connectivity index is 1.77. The third-order valence-electron chi connectivity index (χ3n) is 5.29. The number of aromatic nitrogens is 4. The zero-order valence-corrected chi connectivity index (χ0v) is 19.5. The van der Waals surface area contributed by atoms with Crippen LogP contribution in [0, 0.1) is 0 Å². The summed E-state index contributed by atoms with van der Waals surface area (Å²) in [5.74, 6) is 1.32. The predicted octanol–water partition coefficient (Wildman–Crippen LogP) is 1.37. The molecular weight excluding hydrogens is 444 g/mol. The van der Waals surface area contributed by atoms with E-state index in [1.165, 1.54) is 18.4 Å². The fourth-order valence-electron chi connectivity index (χ4n) is 3.31. The number of hydrogen-bond acceptors (Lipinski definition) is 10. The molecule has 4 rings (SSSR count). The molecule has 0 amide bonds. The minimum atomic E-state index is -3.57. The van der Waals surface area contributed by atoms with Crippen molar-refractivity contribution in [2.24, 2.45) is 0 Å². The summed E-state index contributed by atoms with van der Waals surface area (Å²) in [5.41, 5.74) is 7.63. The molecule has 1 aromatic carbocycles. The summed E-state index contributed by atoms with van der Waals surface area (Å²) in [5, 5.41) is 0. The lowest BCUT2D eigenvalue weighted by molar-refractivity contribution is 0.122. The van der Waals surface area contributed by atoms with Gasteiger partial charge in [0.05, 0.1) is 23.8 Å². The molecule has 0 atom stereocenters. The van der Waals surface area contributed by atoms with Gasteiger partial charge in [0.15, 0.2) is 0 Å². The first-order valence-electron chi connectivity index (χ1n) is 10.3. The molecule has 1 aliphatic rings. The van der Waals surface area contributed by atoms with Gasteiger partial charge < -0.3 is 20.3 Å². The van der Waals surface area contributed by atoms with Gasteiger partial charge in [0.25, 0.3) is 0 Å². The van der Waals surface area contributed by atoms with E-state index in [2.05, 4.69) is 14.9 Å². The molecule has 0 radical (unpaired) electrons. The molecule has 2 aromatic heterocycles. The Labute approximate surface area is 192 Å². The molecule has 33 heavy (non-hydrogen) atoms. The van der Waals surface area contributed by atoms with Crippen LogP contribution >= 0.6 is 0 Å². The lowest BCUT2D eigenvalue weighted by atomic mass is 10.2. The van der Waals surface area contributed by atoms with Gasteiger partial charge in [-0.25, -0.2) is 27.7 Å². The number of nitrogen functional groups attached to an aromatic ring is 1. The van der Waals surface area contributed by atoms with E-state index in [1.54, 1.807) is 30.6 Å². The third kappa shape index (κ3) is 4.87. The molecule has 1 aliphatic heterocycles. The van der Waals surface area contributed by atoms with Crippen LogP contribution in [0.1, 0.15) is 0 Å². The van der Waals surface area contributed by atoms with Crippen molar-refractivity contribution >= 4 is 33.4 Å². The summed E-state index contributed by atoms with van der Waals surface area (Å²) in [6.45, 7) is 2.52. The maximum absolute atomic E-state index is 12.6. The monoisotopic (exact) mass is 470 g/mol. The fourth-order valence-corrected chi connectivity index (χ4v) is 4.25. The molecule has 1 saturated heterocycles. The van der Waals surface area contributed by atoms with Crippen molar-refractivity contribution in [3.63, 3.8) is 0 Å². The highest BCUT2D eigenvalue weighted by Gasteiger charge is 2.21. The quantitative estimate of drug-likeness (QED) is 0.563. The number of anilines is 4. The van der Waals surface area contributed by atoms with E-state index in [0.29, 0.717) is 55.0 Å². The largest absolute Gasteiger partial charge is 0.378 e. The van der Waals surface area contributed by atoms with Crippen molar-refractivity contribution < 1.29 is 13.2 Å². The van der Waals surface area contributed by atoms with Crippen molar-refractivity contribution in [3.05, 3.63) is 42.7 Å². The van der Waals surface area contributed by atoms with Crippen LogP contribution in [0.2, 0.25) is 0 Å². The Morgan fingerprint density at radius 3 is 2.39 bits per heavy atom. The number of sulfonamides is 1. The van der Waals surface area contributed by atoms with Crippen LogP contribution in [0.15, 0.2) is 47.6 Å². The first-order chi connectivity index (χ1) is 15.8. The average Bonchev–Trinajstić information content (AvgIpc) is 2.84.